The Kier molecular flexibility index (Phi) is 3.55. The van der Waals surface area contributed by atoms with E-state index >= 15 is 0 Å². The van der Waals surface area contributed by atoms with Crippen LogP contribution in [0.15, 0.2) is 48.7 Å². The van der Waals surface area contributed by atoms with E-state index in [-0.39, 0.29) is 5.78 Å². The van der Waals surface area contributed by atoms with E-state index in [1.165, 1.54) is 0 Å². The van der Waals surface area contributed by atoms with Crippen LogP contribution in [0.1, 0.15) is 34.8 Å². The molecule has 2 aliphatic rings. The van der Waals surface area contributed by atoms with Gasteiger partial charge in [-0.15, -0.1) is 0 Å². The van der Waals surface area contributed by atoms with E-state index in [1.54, 1.807) is 30.5 Å². The van der Waals surface area contributed by atoms with Crippen LogP contribution in [0.3, 0.4) is 0 Å². The summed E-state index contributed by atoms with van der Waals surface area (Å²) in [6, 6.07) is 7.37. The summed E-state index contributed by atoms with van der Waals surface area (Å²) in [5.74, 6) is 0.119. The predicted molar refractivity (Wildman–Crippen MR) is 93.7 cm³/mol. The summed E-state index contributed by atoms with van der Waals surface area (Å²) in [5, 5.41) is 10.9. The number of ketones is 1. The Morgan fingerprint density at radius 1 is 1.29 bits per heavy atom. The van der Waals surface area contributed by atoms with Crippen LogP contribution in [-0.2, 0) is 0 Å². The zero-order valence-electron chi connectivity index (χ0n) is 12.9. The Balaban J connectivity index is 1.86. The minimum Gasteiger partial charge on any atom is -0.364 e. The smallest absolute Gasteiger partial charge is 0.210 e. The molecule has 1 fully saturated rings. The topological polar surface area (TPSA) is 83.8 Å². The van der Waals surface area contributed by atoms with Gasteiger partial charge in [0.15, 0.2) is 5.66 Å². The van der Waals surface area contributed by atoms with Crippen LogP contribution in [0.5, 0.6) is 0 Å². The largest absolute Gasteiger partial charge is 0.364 e. The molecule has 0 amide bonds. The average Bonchev–Trinajstić information content (AvgIpc) is 3.34. The number of hydrogen-bond donors (Lipinski definition) is 3. The van der Waals surface area contributed by atoms with E-state index < -0.39 is 5.66 Å². The summed E-state index contributed by atoms with van der Waals surface area (Å²) in [6.07, 6.45) is 8.99. The molecule has 1 aromatic heterocycles. The van der Waals surface area contributed by atoms with Crippen molar-refractivity contribution in [2.45, 2.75) is 24.4 Å². The number of carbonyl (C=O) groups is 1. The maximum Gasteiger partial charge on any atom is 0.210 e. The number of Topliss-reactive ketones (excluding diaryl/α,β-unsaturated/α-hetero) is 1. The van der Waals surface area contributed by atoms with Gasteiger partial charge in [-0.3, -0.25) is 15.6 Å². The molecular weight excluding hydrogens is 324 g/mol. The van der Waals surface area contributed by atoms with Crippen LogP contribution in [0.2, 0.25) is 5.02 Å². The van der Waals surface area contributed by atoms with Crippen molar-refractivity contribution in [3.8, 4) is 11.3 Å². The standard InChI is InChI=1S/C18H17ClN4O/c19-13-6-2-1-5-12(13)16-14(15(22-23-16)11-7-8-11)17(24)18(20)9-3-4-10-21-18/h1-6,9-11,21H,7-8,20H2,(H,22,23). The van der Waals surface area contributed by atoms with E-state index in [0.29, 0.717) is 22.2 Å². The lowest BCUT2D eigenvalue weighted by atomic mass is 9.92. The number of dihydropyridines is 1. The number of nitrogens with zero attached hydrogens (tertiary/aromatic N) is 1. The Morgan fingerprint density at radius 3 is 2.75 bits per heavy atom. The second-order valence-electron chi connectivity index (χ2n) is 6.18. The number of allylic oxidation sites excluding steroid dienone is 2. The fourth-order valence-corrected chi connectivity index (χ4v) is 3.17. The van der Waals surface area contributed by atoms with Crippen molar-refractivity contribution >= 4 is 17.4 Å². The number of aromatic amines is 1. The Labute approximate surface area is 144 Å². The molecule has 1 aliphatic heterocycles. The zero-order valence-corrected chi connectivity index (χ0v) is 13.7. The van der Waals surface area contributed by atoms with Crippen molar-refractivity contribution in [1.29, 1.82) is 0 Å². The molecule has 5 nitrogen and oxygen atoms in total. The predicted octanol–water partition coefficient (Wildman–Crippen LogP) is 3.12. The molecule has 2 heterocycles. The van der Waals surface area contributed by atoms with E-state index in [4.69, 9.17) is 17.3 Å². The number of benzene rings is 1. The SMILES string of the molecule is NC1(C(=O)c2c(-c3ccccc3Cl)n[nH]c2C2CC2)C=CC=CN1. The molecule has 0 saturated heterocycles. The van der Waals surface area contributed by atoms with Gasteiger partial charge in [-0.1, -0.05) is 35.9 Å². The minimum atomic E-state index is -1.28. The molecular formula is C18H17ClN4O. The van der Waals surface area contributed by atoms with Crippen molar-refractivity contribution in [2.24, 2.45) is 5.73 Å². The molecule has 1 atom stereocenters. The third-order valence-electron chi connectivity index (χ3n) is 4.40. The first-order valence-corrected chi connectivity index (χ1v) is 8.27. The Hall–Kier alpha value is -2.37. The van der Waals surface area contributed by atoms with Gasteiger partial charge >= 0.3 is 0 Å². The second kappa shape index (κ2) is 5.61. The van der Waals surface area contributed by atoms with Gasteiger partial charge in [-0.2, -0.15) is 5.10 Å². The number of aromatic nitrogens is 2. The van der Waals surface area contributed by atoms with Crippen LogP contribution in [0.4, 0.5) is 0 Å². The zero-order chi connectivity index (χ0) is 16.7. The van der Waals surface area contributed by atoms with Gasteiger partial charge in [0, 0.05) is 17.2 Å². The number of rotatable bonds is 4. The van der Waals surface area contributed by atoms with Crippen LogP contribution in [0.25, 0.3) is 11.3 Å². The van der Waals surface area contributed by atoms with Gasteiger partial charge < -0.3 is 5.32 Å². The number of carbonyl (C=O) groups excluding carboxylic acids is 1. The van der Waals surface area contributed by atoms with Crippen molar-refractivity contribution in [2.75, 3.05) is 0 Å². The summed E-state index contributed by atoms with van der Waals surface area (Å²) < 4.78 is 0. The first-order valence-electron chi connectivity index (χ1n) is 7.89. The molecule has 1 unspecified atom stereocenters. The van der Waals surface area contributed by atoms with Gasteiger partial charge in [0.1, 0.15) is 5.69 Å². The normalized spacial score (nSPS) is 22.4. The van der Waals surface area contributed by atoms with E-state index in [1.807, 2.05) is 18.2 Å². The molecule has 4 N–H and O–H groups in total. The molecule has 0 radical (unpaired) electrons. The molecule has 6 heteroatoms. The minimum absolute atomic E-state index is 0.214. The number of H-pyrrole nitrogens is 1. The van der Waals surface area contributed by atoms with Crippen molar-refractivity contribution in [1.82, 2.24) is 15.5 Å². The fourth-order valence-electron chi connectivity index (χ4n) is 2.95. The lowest BCUT2D eigenvalue weighted by molar-refractivity contribution is 0.0905. The number of hydrogen-bond acceptors (Lipinski definition) is 4. The number of halogens is 1. The molecule has 122 valence electrons. The number of nitrogens with one attached hydrogen (secondary N) is 2. The molecule has 0 spiro atoms. The number of nitrogens with two attached hydrogens (primary N) is 1. The molecule has 4 rings (SSSR count). The van der Waals surface area contributed by atoms with Crippen molar-refractivity contribution in [3.05, 3.63) is 65.0 Å². The lowest BCUT2D eigenvalue weighted by Gasteiger charge is -2.27. The van der Waals surface area contributed by atoms with Gasteiger partial charge in [0.25, 0.3) is 0 Å². The van der Waals surface area contributed by atoms with E-state index in [2.05, 4.69) is 15.5 Å². The second-order valence-corrected chi connectivity index (χ2v) is 6.58. The summed E-state index contributed by atoms with van der Waals surface area (Å²) in [6.45, 7) is 0. The first-order chi connectivity index (χ1) is 11.6. The highest BCUT2D eigenvalue weighted by Gasteiger charge is 2.40. The maximum absolute atomic E-state index is 13.3. The van der Waals surface area contributed by atoms with Crippen LogP contribution in [0, 0.1) is 0 Å². The first kappa shape index (κ1) is 15.2. The van der Waals surface area contributed by atoms with Crippen LogP contribution in [-0.4, -0.2) is 21.6 Å². The van der Waals surface area contributed by atoms with Gasteiger partial charge in [-0.25, -0.2) is 0 Å². The summed E-state index contributed by atoms with van der Waals surface area (Å²) >= 11 is 6.32. The van der Waals surface area contributed by atoms with E-state index in [0.717, 1.165) is 24.1 Å². The van der Waals surface area contributed by atoms with Gasteiger partial charge in [0.05, 0.1) is 10.6 Å². The highest BCUT2D eigenvalue weighted by atomic mass is 35.5. The van der Waals surface area contributed by atoms with E-state index in [9.17, 15) is 4.79 Å². The Morgan fingerprint density at radius 2 is 2.08 bits per heavy atom. The monoisotopic (exact) mass is 340 g/mol. The average molecular weight is 341 g/mol. The van der Waals surface area contributed by atoms with Gasteiger partial charge in [-0.05, 0) is 37.3 Å². The third-order valence-corrected chi connectivity index (χ3v) is 4.73. The molecule has 0 bridgehead atoms. The molecule has 1 aliphatic carbocycles. The highest BCUT2D eigenvalue weighted by Crippen LogP contribution is 2.44. The molecule has 2 aromatic rings. The quantitative estimate of drug-likeness (QED) is 0.747. The molecule has 24 heavy (non-hydrogen) atoms. The maximum atomic E-state index is 13.3. The lowest BCUT2D eigenvalue weighted by Crippen LogP contribution is -2.57. The molecule has 1 aromatic carbocycles. The molecule has 1 saturated carbocycles. The van der Waals surface area contributed by atoms with Gasteiger partial charge in [0.2, 0.25) is 5.78 Å². The van der Waals surface area contributed by atoms with Crippen LogP contribution < -0.4 is 11.1 Å². The van der Waals surface area contributed by atoms with Crippen molar-refractivity contribution < 1.29 is 4.79 Å². The van der Waals surface area contributed by atoms with Crippen LogP contribution >= 0.6 is 11.6 Å². The Bertz CT molecular complexity index is 866. The third kappa shape index (κ3) is 2.46. The summed E-state index contributed by atoms with van der Waals surface area (Å²) in [7, 11) is 0. The fraction of sp³-hybridized carbons (Fsp3) is 0.222. The summed E-state index contributed by atoms with van der Waals surface area (Å²) in [5.41, 5.74) is 7.68. The summed E-state index contributed by atoms with van der Waals surface area (Å²) in [4.78, 5) is 13.3. The highest BCUT2D eigenvalue weighted by molar-refractivity contribution is 6.33. The van der Waals surface area contributed by atoms with Crippen molar-refractivity contribution in [3.63, 3.8) is 0 Å².